The first kappa shape index (κ1) is 17.9. The van der Waals surface area contributed by atoms with Crippen LogP contribution in [0.5, 0.6) is 0 Å². The third kappa shape index (κ3) is 4.10. The van der Waals surface area contributed by atoms with Gasteiger partial charge in [0.15, 0.2) is 0 Å². The van der Waals surface area contributed by atoms with Gasteiger partial charge in [-0.25, -0.2) is 4.68 Å². The Kier molecular flexibility index (Phi) is 5.17. The van der Waals surface area contributed by atoms with Gasteiger partial charge in [0.05, 0.1) is 29.7 Å². The molecule has 5 nitrogen and oxygen atoms in total. The van der Waals surface area contributed by atoms with Crippen molar-refractivity contribution >= 4 is 23.2 Å². The fraction of sp³-hybridized carbons (Fsp3) is 0.0455. The lowest BCUT2D eigenvalue weighted by molar-refractivity contribution is -0.115. The lowest BCUT2D eigenvalue weighted by Gasteiger charge is -2.05. The molecule has 4 rings (SSSR count). The molecule has 0 radical (unpaired) electrons. The predicted molar refractivity (Wildman–Crippen MR) is 111 cm³/mol. The lowest BCUT2D eigenvalue weighted by Crippen LogP contribution is -2.14. The number of rotatable bonds is 5. The molecular weight excluding hydrogens is 372 g/mol. The molecule has 0 aliphatic rings. The van der Waals surface area contributed by atoms with E-state index < -0.39 is 0 Å². The summed E-state index contributed by atoms with van der Waals surface area (Å²) in [6.45, 7) is 0. The van der Waals surface area contributed by atoms with Gasteiger partial charge in [0.25, 0.3) is 0 Å². The third-order valence-corrected chi connectivity index (χ3v) is 4.48. The number of carbonyl (C=O) groups is 1. The van der Waals surface area contributed by atoms with Crippen LogP contribution < -0.4 is 5.32 Å². The molecule has 0 spiro atoms. The first-order valence-corrected chi connectivity index (χ1v) is 9.16. The zero-order chi connectivity index (χ0) is 19.3. The highest BCUT2D eigenvalue weighted by molar-refractivity contribution is 6.30. The summed E-state index contributed by atoms with van der Waals surface area (Å²) in [5.41, 5.74) is 4.07. The van der Waals surface area contributed by atoms with Crippen molar-refractivity contribution in [3.05, 3.63) is 95.9 Å². The molecule has 1 amide bonds. The van der Waals surface area contributed by atoms with Crippen molar-refractivity contribution in [2.45, 2.75) is 6.42 Å². The van der Waals surface area contributed by atoms with Crippen molar-refractivity contribution in [3.63, 3.8) is 0 Å². The number of pyridine rings is 1. The van der Waals surface area contributed by atoms with Crippen LogP contribution >= 0.6 is 11.6 Å². The number of anilines is 1. The Morgan fingerprint density at radius 2 is 1.79 bits per heavy atom. The maximum Gasteiger partial charge on any atom is 0.228 e. The van der Waals surface area contributed by atoms with Gasteiger partial charge in [-0.1, -0.05) is 41.9 Å². The van der Waals surface area contributed by atoms with Gasteiger partial charge in [0.1, 0.15) is 0 Å². The Balaban J connectivity index is 1.67. The summed E-state index contributed by atoms with van der Waals surface area (Å²) in [7, 11) is 0. The van der Waals surface area contributed by atoms with Crippen LogP contribution in [0, 0.1) is 0 Å². The van der Waals surface area contributed by atoms with E-state index in [0.29, 0.717) is 10.7 Å². The van der Waals surface area contributed by atoms with Crippen molar-refractivity contribution in [2.75, 3.05) is 5.32 Å². The van der Waals surface area contributed by atoms with Gasteiger partial charge in [0.2, 0.25) is 5.91 Å². The molecule has 0 aliphatic carbocycles. The van der Waals surface area contributed by atoms with Gasteiger partial charge >= 0.3 is 0 Å². The van der Waals surface area contributed by atoms with E-state index in [1.807, 2.05) is 60.8 Å². The van der Waals surface area contributed by atoms with Gasteiger partial charge in [0, 0.05) is 28.5 Å². The highest BCUT2D eigenvalue weighted by Crippen LogP contribution is 2.26. The first-order chi connectivity index (χ1) is 13.7. The summed E-state index contributed by atoms with van der Waals surface area (Å²) >= 11 is 6.02. The van der Waals surface area contributed by atoms with Crippen LogP contribution in [0.2, 0.25) is 5.02 Å². The summed E-state index contributed by atoms with van der Waals surface area (Å²) < 4.78 is 1.79. The number of hydrogen-bond acceptors (Lipinski definition) is 3. The highest BCUT2D eigenvalue weighted by atomic mass is 35.5. The monoisotopic (exact) mass is 388 g/mol. The summed E-state index contributed by atoms with van der Waals surface area (Å²) in [6.07, 6.45) is 5.37. The number of nitrogens with zero attached hydrogens (tertiary/aromatic N) is 3. The minimum atomic E-state index is -0.129. The molecule has 0 fully saturated rings. The van der Waals surface area contributed by atoms with Crippen molar-refractivity contribution < 1.29 is 4.79 Å². The fourth-order valence-electron chi connectivity index (χ4n) is 2.92. The average Bonchev–Trinajstić information content (AvgIpc) is 3.13. The van der Waals surface area contributed by atoms with Gasteiger partial charge in [-0.05, 0) is 36.4 Å². The van der Waals surface area contributed by atoms with Crippen molar-refractivity contribution in [1.29, 1.82) is 0 Å². The van der Waals surface area contributed by atoms with Crippen LogP contribution in [0.25, 0.3) is 16.9 Å². The maximum atomic E-state index is 12.6. The number of halogens is 1. The largest absolute Gasteiger partial charge is 0.324 e. The minimum Gasteiger partial charge on any atom is -0.324 e. The summed E-state index contributed by atoms with van der Waals surface area (Å²) in [5, 5.41) is 8.24. The molecule has 0 aliphatic heterocycles. The number of para-hydroxylation sites is 1. The standard InChI is InChI=1S/C22H17ClN4O/c23-18-10-8-16(9-11-18)22-17(13-21(28)25-19-5-4-12-24-14-19)15-27(26-22)20-6-2-1-3-7-20/h1-12,14-15H,13H2,(H,25,28). The quantitative estimate of drug-likeness (QED) is 0.535. The summed E-state index contributed by atoms with van der Waals surface area (Å²) in [5.74, 6) is -0.129. The van der Waals surface area contributed by atoms with E-state index >= 15 is 0 Å². The van der Waals surface area contributed by atoms with Crippen LogP contribution in [-0.2, 0) is 11.2 Å². The molecule has 2 aromatic carbocycles. The van der Waals surface area contributed by atoms with Crippen molar-refractivity contribution in [2.24, 2.45) is 0 Å². The Bertz CT molecular complexity index is 1080. The second-order valence-electron chi connectivity index (χ2n) is 6.26. The van der Waals surface area contributed by atoms with E-state index in [1.165, 1.54) is 0 Å². The SMILES string of the molecule is O=C(Cc1cn(-c2ccccc2)nc1-c1ccc(Cl)cc1)Nc1cccnc1. The van der Waals surface area contributed by atoms with Gasteiger partial charge in [-0.3, -0.25) is 9.78 Å². The summed E-state index contributed by atoms with van der Waals surface area (Å²) in [4.78, 5) is 16.6. The van der Waals surface area contributed by atoms with Crippen LogP contribution in [0.15, 0.2) is 85.3 Å². The van der Waals surface area contributed by atoms with E-state index in [0.717, 1.165) is 22.5 Å². The zero-order valence-corrected chi connectivity index (χ0v) is 15.7. The molecule has 2 heterocycles. The number of benzene rings is 2. The van der Waals surface area contributed by atoms with Crippen LogP contribution in [0.3, 0.4) is 0 Å². The van der Waals surface area contributed by atoms with E-state index in [1.54, 1.807) is 29.2 Å². The Hall–Kier alpha value is -3.44. The van der Waals surface area contributed by atoms with E-state index in [9.17, 15) is 4.79 Å². The van der Waals surface area contributed by atoms with Crippen LogP contribution in [0.1, 0.15) is 5.56 Å². The average molecular weight is 389 g/mol. The smallest absolute Gasteiger partial charge is 0.228 e. The Morgan fingerprint density at radius 3 is 2.50 bits per heavy atom. The van der Waals surface area contributed by atoms with Gasteiger partial charge < -0.3 is 5.32 Å². The molecule has 0 bridgehead atoms. The Labute approximate surface area is 167 Å². The highest BCUT2D eigenvalue weighted by Gasteiger charge is 2.15. The van der Waals surface area contributed by atoms with Crippen LogP contribution in [0.4, 0.5) is 5.69 Å². The number of amides is 1. The normalized spacial score (nSPS) is 10.6. The molecule has 0 saturated heterocycles. The predicted octanol–water partition coefficient (Wildman–Crippen LogP) is 4.77. The second-order valence-corrected chi connectivity index (χ2v) is 6.69. The molecule has 2 aromatic heterocycles. The van der Waals surface area contributed by atoms with Gasteiger partial charge in [-0.2, -0.15) is 5.10 Å². The van der Waals surface area contributed by atoms with E-state index in [2.05, 4.69) is 10.3 Å². The number of nitrogens with one attached hydrogen (secondary N) is 1. The van der Waals surface area contributed by atoms with Crippen molar-refractivity contribution in [3.8, 4) is 16.9 Å². The molecule has 0 unspecified atom stereocenters. The third-order valence-electron chi connectivity index (χ3n) is 4.22. The maximum absolute atomic E-state index is 12.6. The molecule has 4 aromatic rings. The molecule has 0 atom stereocenters. The first-order valence-electron chi connectivity index (χ1n) is 8.79. The van der Waals surface area contributed by atoms with Crippen molar-refractivity contribution in [1.82, 2.24) is 14.8 Å². The van der Waals surface area contributed by atoms with Gasteiger partial charge in [-0.15, -0.1) is 0 Å². The number of hydrogen-bond donors (Lipinski definition) is 1. The second kappa shape index (κ2) is 8.06. The molecule has 0 saturated carbocycles. The van der Waals surface area contributed by atoms with Crippen LogP contribution in [-0.4, -0.2) is 20.7 Å². The topological polar surface area (TPSA) is 59.8 Å². The fourth-order valence-corrected chi connectivity index (χ4v) is 3.04. The van der Waals surface area contributed by atoms with E-state index in [-0.39, 0.29) is 12.3 Å². The molecule has 138 valence electrons. The van der Waals surface area contributed by atoms with E-state index in [4.69, 9.17) is 16.7 Å². The summed E-state index contributed by atoms with van der Waals surface area (Å²) in [6, 6.07) is 20.8. The zero-order valence-electron chi connectivity index (χ0n) is 14.9. The Morgan fingerprint density at radius 1 is 1.00 bits per heavy atom. The minimum absolute atomic E-state index is 0.129. The molecular formula is C22H17ClN4O. The molecule has 28 heavy (non-hydrogen) atoms. The number of aromatic nitrogens is 3. The lowest BCUT2D eigenvalue weighted by atomic mass is 10.1. The molecule has 1 N–H and O–H groups in total. The number of carbonyl (C=O) groups excluding carboxylic acids is 1. The molecule has 6 heteroatoms.